The van der Waals surface area contributed by atoms with E-state index in [0.717, 1.165) is 117 Å². The van der Waals surface area contributed by atoms with Crippen molar-refractivity contribution in [2.24, 2.45) is 0 Å². The van der Waals surface area contributed by atoms with Crippen LogP contribution in [-0.2, 0) is 37.9 Å². The van der Waals surface area contributed by atoms with Gasteiger partial charge in [-0.05, 0) is 211 Å². The molecule has 4 heterocycles. The molecule has 0 saturated heterocycles. The number of furan rings is 2. The fourth-order valence-corrected chi connectivity index (χ4v) is 16.0. The fraction of sp³-hybridized carbons (Fsp3) is 0.359. The Morgan fingerprint density at radius 2 is 0.929 bits per heavy atom. The van der Waals surface area contributed by atoms with Crippen molar-refractivity contribution in [1.29, 1.82) is 0 Å². The van der Waals surface area contributed by atoms with Gasteiger partial charge in [0, 0.05) is 44.9 Å². The van der Waals surface area contributed by atoms with Gasteiger partial charge in [0.2, 0.25) is 0 Å². The summed E-state index contributed by atoms with van der Waals surface area (Å²) in [6.45, 7) is 36.2. The van der Waals surface area contributed by atoms with Crippen LogP contribution in [-0.4, -0.2) is 6.71 Å². The lowest BCUT2D eigenvalue weighted by atomic mass is 9.35. The Balaban J connectivity index is 1.13. The zero-order chi connectivity index (χ0) is 58.6. The number of benzene rings is 8. The number of nitrogens with zero attached hydrogens (tertiary/aromatic N) is 3. The minimum absolute atomic E-state index is 0.00570. The van der Waals surface area contributed by atoms with Crippen molar-refractivity contribution in [3.63, 3.8) is 0 Å². The van der Waals surface area contributed by atoms with Gasteiger partial charge < -0.3 is 23.5 Å². The Bertz CT molecular complexity index is 4350. The first kappa shape index (κ1) is 53.3. The Morgan fingerprint density at radius 1 is 0.405 bits per heavy atom. The summed E-state index contributed by atoms with van der Waals surface area (Å²) in [5.41, 5.74) is 26.2. The summed E-state index contributed by atoms with van der Waals surface area (Å²) < 4.78 is 15.0. The molecule has 0 radical (unpaired) electrons. The van der Waals surface area contributed by atoms with Gasteiger partial charge in [-0.3, -0.25) is 0 Å². The van der Waals surface area contributed by atoms with Gasteiger partial charge in [0.15, 0.2) is 0 Å². The van der Waals surface area contributed by atoms with Crippen molar-refractivity contribution >= 4 is 107 Å². The molecule has 0 N–H and O–H groups in total. The largest absolute Gasteiger partial charge is 0.468 e. The van der Waals surface area contributed by atoms with Crippen molar-refractivity contribution in [3.8, 4) is 0 Å². The molecule has 424 valence electrons. The van der Waals surface area contributed by atoms with E-state index in [1.54, 1.807) is 0 Å². The summed E-state index contributed by atoms with van der Waals surface area (Å²) in [6, 6.07) is 58.5. The zero-order valence-corrected chi connectivity index (χ0v) is 52.4. The van der Waals surface area contributed by atoms with Crippen molar-refractivity contribution < 1.29 is 8.83 Å². The molecule has 0 bridgehead atoms. The van der Waals surface area contributed by atoms with Gasteiger partial charge in [0.1, 0.15) is 16.7 Å². The van der Waals surface area contributed by atoms with E-state index in [0.29, 0.717) is 0 Å². The monoisotopic (exact) mass is 1100 g/mol. The number of hydrogen-bond acceptors (Lipinski definition) is 5. The number of rotatable bonds is 5. The molecule has 3 aliphatic carbocycles. The predicted molar refractivity (Wildman–Crippen MR) is 357 cm³/mol. The van der Waals surface area contributed by atoms with Crippen LogP contribution in [0.2, 0.25) is 0 Å². The normalized spacial score (nSPS) is 19.1. The molecular weight excluding hydrogens is 1020 g/mol. The van der Waals surface area contributed by atoms with Crippen molar-refractivity contribution in [2.45, 2.75) is 180 Å². The van der Waals surface area contributed by atoms with Gasteiger partial charge in [-0.15, -0.1) is 0 Å². The smallest absolute Gasteiger partial charge is 0.297 e. The molecule has 0 unspecified atom stereocenters. The highest BCUT2D eigenvalue weighted by atomic mass is 16.3. The lowest BCUT2D eigenvalue weighted by Gasteiger charge is -2.47. The van der Waals surface area contributed by atoms with Gasteiger partial charge in [-0.1, -0.05) is 171 Å². The maximum atomic E-state index is 7.93. The third kappa shape index (κ3) is 7.79. The average molecular weight is 1100 g/mol. The lowest BCUT2D eigenvalue weighted by Crippen LogP contribution is -2.61. The van der Waals surface area contributed by atoms with Gasteiger partial charge in [0.25, 0.3) is 6.71 Å². The molecule has 5 aliphatic rings. The van der Waals surface area contributed by atoms with E-state index in [9.17, 15) is 0 Å². The molecule has 84 heavy (non-hydrogen) atoms. The van der Waals surface area contributed by atoms with Crippen LogP contribution >= 0.6 is 0 Å². The first-order valence-corrected chi connectivity index (χ1v) is 31.3. The van der Waals surface area contributed by atoms with Crippen molar-refractivity contribution in [3.05, 3.63) is 191 Å². The number of anilines is 9. The quantitative estimate of drug-likeness (QED) is 0.161. The second kappa shape index (κ2) is 17.6. The Labute approximate surface area is 499 Å². The molecule has 2 aliphatic heterocycles. The van der Waals surface area contributed by atoms with E-state index >= 15 is 0 Å². The maximum Gasteiger partial charge on any atom is 0.297 e. The third-order valence-corrected chi connectivity index (χ3v) is 21.6. The highest BCUT2D eigenvalue weighted by Gasteiger charge is 2.51. The molecule has 2 aromatic heterocycles. The lowest BCUT2D eigenvalue weighted by molar-refractivity contribution is 0.332. The Kier molecular flexibility index (Phi) is 11.2. The van der Waals surface area contributed by atoms with Crippen molar-refractivity contribution in [2.75, 3.05) is 14.7 Å². The van der Waals surface area contributed by atoms with Crippen molar-refractivity contribution in [1.82, 2.24) is 0 Å². The first-order chi connectivity index (χ1) is 39.7. The van der Waals surface area contributed by atoms with E-state index in [1.165, 1.54) is 60.9 Å². The van der Waals surface area contributed by atoms with Crippen LogP contribution in [0, 0.1) is 0 Å². The molecule has 6 heteroatoms. The van der Waals surface area contributed by atoms with Crippen LogP contribution in [0.5, 0.6) is 0 Å². The number of fused-ring (bicyclic) bond motifs is 12. The molecule has 10 aromatic rings. The molecule has 8 aromatic carbocycles. The maximum absolute atomic E-state index is 7.93. The van der Waals surface area contributed by atoms with Crippen LogP contribution in [0.15, 0.2) is 160 Å². The van der Waals surface area contributed by atoms with E-state index in [2.05, 4.69) is 270 Å². The Hall–Kier alpha value is -7.44. The van der Waals surface area contributed by atoms with E-state index in [1.807, 2.05) is 0 Å². The first-order valence-electron chi connectivity index (χ1n) is 31.3. The second-order valence-corrected chi connectivity index (χ2v) is 30.9. The topological polar surface area (TPSA) is 36.0 Å². The predicted octanol–water partition coefficient (Wildman–Crippen LogP) is 20.2. The van der Waals surface area contributed by atoms with E-state index < -0.39 is 0 Å². The summed E-state index contributed by atoms with van der Waals surface area (Å²) in [5, 5.41) is 3.41. The summed E-state index contributed by atoms with van der Waals surface area (Å²) in [6.07, 6.45) is 6.75. The van der Waals surface area contributed by atoms with Crippen LogP contribution in [0.1, 0.15) is 181 Å². The summed E-state index contributed by atoms with van der Waals surface area (Å²) in [5.74, 6) is 0. The van der Waals surface area contributed by atoms with Crippen LogP contribution in [0.3, 0.4) is 0 Å². The second-order valence-electron chi connectivity index (χ2n) is 30.9. The van der Waals surface area contributed by atoms with E-state index in [4.69, 9.17) is 8.83 Å². The minimum Gasteiger partial charge on any atom is -0.468 e. The average Bonchev–Trinajstić information content (AvgIpc) is 2.30. The van der Waals surface area contributed by atoms with Gasteiger partial charge in [0.05, 0.1) is 28.1 Å². The van der Waals surface area contributed by atoms with Crippen LogP contribution in [0.25, 0.3) is 32.9 Å². The molecule has 0 amide bonds. The molecule has 15 rings (SSSR count). The standard InChI is InChI=1S/C78H82BN3O2/c1-72(2,3)47-29-31-52-66(39-47)83-65-28-22-27-61(68(52)65)82-62-45-58-57(76(10,11)36-37-77(58,12)13)44-60(62)79-69-63(41-51(42-64(69)82)80(48-23-18-16-19-24-48)49-25-20-17-21-26-49)81(50-30-32-54-55(40-50)74(6,7)34-33-73(54,4)5)70-53-43-56-59(46-67(53)84-71(70)79)78(14,15)38-35-75(56,8)9/h16-32,39-46H,33-38H2,1-15H3. The number of para-hydroxylation sites is 2. The molecule has 0 atom stereocenters. The minimum atomic E-state index is -0.248. The van der Waals surface area contributed by atoms with Gasteiger partial charge in [-0.2, -0.15) is 0 Å². The molecule has 0 saturated carbocycles. The molecule has 0 spiro atoms. The SMILES string of the molecule is CC(C)(C)c1ccc2c(c1)oc1cccc(N3c4cc5c(cc4B4c6oc7cc8c(cc7c6N(c6ccc7c(c6)C(C)(C)CCC7(C)C)c6cc(N(c7ccccc7)c7ccccc7)cc3c64)C(C)(C)CCC8(C)C)C(C)(C)CCC5(C)C)c12. The highest BCUT2D eigenvalue weighted by molar-refractivity contribution is 7.00. The highest BCUT2D eigenvalue weighted by Crippen LogP contribution is 2.57. The zero-order valence-electron chi connectivity index (χ0n) is 52.4. The Morgan fingerprint density at radius 3 is 1.52 bits per heavy atom. The van der Waals surface area contributed by atoms with Gasteiger partial charge >= 0.3 is 0 Å². The van der Waals surface area contributed by atoms with Crippen LogP contribution in [0.4, 0.5) is 51.2 Å². The summed E-state index contributed by atoms with van der Waals surface area (Å²) in [4.78, 5) is 7.79. The van der Waals surface area contributed by atoms with E-state index in [-0.39, 0.29) is 44.6 Å². The summed E-state index contributed by atoms with van der Waals surface area (Å²) >= 11 is 0. The third-order valence-electron chi connectivity index (χ3n) is 21.6. The van der Waals surface area contributed by atoms with Gasteiger partial charge in [-0.25, -0.2) is 0 Å². The summed E-state index contributed by atoms with van der Waals surface area (Å²) in [7, 11) is 0. The van der Waals surface area contributed by atoms with Crippen LogP contribution < -0.4 is 31.3 Å². The number of hydrogen-bond donors (Lipinski definition) is 0. The molecule has 0 fully saturated rings. The molecule has 5 nitrogen and oxygen atoms in total. The fourth-order valence-electron chi connectivity index (χ4n) is 16.0. The molecular formula is C78H82BN3O2.